The molecule has 8 heteroatoms. The summed E-state index contributed by atoms with van der Waals surface area (Å²) in [5, 5.41) is 9.94. The zero-order valence-electron chi connectivity index (χ0n) is 16.9. The van der Waals surface area contributed by atoms with Gasteiger partial charge in [-0.15, -0.1) is 10.2 Å². The Balaban J connectivity index is 1.40. The minimum atomic E-state index is -0.0428. The number of aromatic nitrogens is 3. The fourth-order valence-electron chi connectivity index (χ4n) is 3.66. The molecule has 2 aromatic carbocycles. The highest BCUT2D eigenvalue weighted by molar-refractivity contribution is 7.99. The topological polar surface area (TPSA) is 61.6 Å². The maximum atomic E-state index is 6.12. The second-order valence-corrected chi connectivity index (χ2v) is 8.30. The lowest BCUT2D eigenvalue weighted by molar-refractivity contribution is 0.107. The summed E-state index contributed by atoms with van der Waals surface area (Å²) in [6, 6.07) is 16.1. The molecule has 0 saturated carbocycles. The van der Waals surface area contributed by atoms with E-state index in [0.717, 1.165) is 47.1 Å². The lowest BCUT2D eigenvalue weighted by atomic mass is 10.2. The van der Waals surface area contributed by atoms with E-state index in [2.05, 4.69) is 50.9 Å². The van der Waals surface area contributed by atoms with Gasteiger partial charge in [0.2, 0.25) is 5.95 Å². The quantitative estimate of drug-likeness (QED) is 0.582. The molecule has 7 nitrogen and oxygen atoms in total. The summed E-state index contributed by atoms with van der Waals surface area (Å²) < 4.78 is 19.6. The van der Waals surface area contributed by atoms with E-state index in [9.17, 15) is 0 Å². The largest absolute Gasteiger partial charge is 0.486 e. The number of anilines is 1. The van der Waals surface area contributed by atoms with Crippen molar-refractivity contribution in [1.29, 1.82) is 0 Å². The van der Waals surface area contributed by atoms with Crippen LogP contribution in [0, 0.1) is 6.92 Å². The molecule has 2 aliphatic heterocycles. The molecular weight excluding hydrogens is 400 g/mol. The summed E-state index contributed by atoms with van der Waals surface area (Å²) in [5.74, 6) is 3.18. The van der Waals surface area contributed by atoms with Gasteiger partial charge < -0.3 is 19.1 Å². The highest BCUT2D eigenvalue weighted by atomic mass is 32.2. The van der Waals surface area contributed by atoms with E-state index in [1.807, 2.05) is 24.3 Å². The number of hydrogen-bond acceptors (Lipinski definition) is 7. The van der Waals surface area contributed by atoms with E-state index in [1.54, 1.807) is 11.8 Å². The summed E-state index contributed by atoms with van der Waals surface area (Å²) in [6.07, 6.45) is -0.0428. The van der Waals surface area contributed by atoms with Gasteiger partial charge in [0.05, 0.1) is 18.9 Å². The van der Waals surface area contributed by atoms with Crippen LogP contribution in [0.15, 0.2) is 53.7 Å². The van der Waals surface area contributed by atoms with Crippen molar-refractivity contribution >= 4 is 17.7 Å². The first-order valence-electron chi connectivity index (χ1n) is 10.1. The second kappa shape index (κ2) is 8.57. The predicted molar refractivity (Wildman–Crippen MR) is 116 cm³/mol. The molecule has 2 aliphatic rings. The van der Waals surface area contributed by atoms with Gasteiger partial charge in [0, 0.05) is 18.8 Å². The average molecular weight is 425 g/mol. The molecule has 1 atom stereocenters. The van der Waals surface area contributed by atoms with Crippen LogP contribution in [0.3, 0.4) is 0 Å². The third-order valence-corrected chi connectivity index (χ3v) is 6.29. The maximum absolute atomic E-state index is 6.12. The van der Waals surface area contributed by atoms with Crippen LogP contribution in [0.4, 0.5) is 5.95 Å². The van der Waals surface area contributed by atoms with Gasteiger partial charge in [-0.3, -0.25) is 4.57 Å². The summed E-state index contributed by atoms with van der Waals surface area (Å²) in [6.45, 7) is 5.67. The zero-order valence-corrected chi connectivity index (χ0v) is 17.7. The van der Waals surface area contributed by atoms with Gasteiger partial charge in [0.25, 0.3) is 0 Å². The minimum Gasteiger partial charge on any atom is -0.486 e. The fourth-order valence-corrected chi connectivity index (χ4v) is 4.57. The number of ether oxygens (including phenoxy) is 3. The fraction of sp³-hybridized carbons (Fsp3) is 0.364. The molecule has 5 rings (SSSR count). The maximum Gasteiger partial charge on any atom is 0.232 e. The molecule has 1 saturated heterocycles. The molecule has 0 amide bonds. The van der Waals surface area contributed by atoms with Crippen molar-refractivity contribution in [1.82, 2.24) is 14.8 Å². The number of thioether (sulfide) groups is 1. The van der Waals surface area contributed by atoms with Crippen molar-refractivity contribution in [3.8, 4) is 17.2 Å². The Kier molecular flexibility index (Phi) is 5.50. The first-order chi connectivity index (χ1) is 14.8. The summed E-state index contributed by atoms with van der Waals surface area (Å²) in [5.41, 5.74) is 2.28. The third kappa shape index (κ3) is 3.85. The number of hydrogen-bond donors (Lipinski definition) is 0. The number of morpholine rings is 1. The molecule has 0 aliphatic carbocycles. The van der Waals surface area contributed by atoms with E-state index < -0.39 is 0 Å². The van der Waals surface area contributed by atoms with Crippen molar-refractivity contribution in [2.24, 2.45) is 0 Å². The van der Waals surface area contributed by atoms with Crippen LogP contribution in [0.2, 0.25) is 0 Å². The van der Waals surface area contributed by atoms with E-state index in [1.165, 1.54) is 5.56 Å². The predicted octanol–water partition coefficient (Wildman–Crippen LogP) is 3.34. The summed E-state index contributed by atoms with van der Waals surface area (Å²) in [4.78, 5) is 2.24. The second-order valence-electron chi connectivity index (χ2n) is 7.31. The van der Waals surface area contributed by atoms with Crippen molar-refractivity contribution in [3.05, 3.63) is 54.1 Å². The number of rotatable bonds is 5. The van der Waals surface area contributed by atoms with Crippen molar-refractivity contribution in [3.63, 3.8) is 0 Å². The van der Waals surface area contributed by atoms with Crippen LogP contribution in [0.1, 0.15) is 5.56 Å². The van der Waals surface area contributed by atoms with Gasteiger partial charge in [0.15, 0.2) is 16.7 Å². The molecule has 0 bridgehead atoms. The van der Waals surface area contributed by atoms with E-state index in [4.69, 9.17) is 14.2 Å². The first kappa shape index (κ1) is 19.3. The lowest BCUT2D eigenvalue weighted by Crippen LogP contribution is -2.38. The van der Waals surface area contributed by atoms with Crippen molar-refractivity contribution in [2.45, 2.75) is 18.2 Å². The van der Waals surface area contributed by atoms with Gasteiger partial charge in [-0.05, 0) is 30.7 Å². The van der Waals surface area contributed by atoms with Crippen LogP contribution >= 0.6 is 11.8 Å². The van der Waals surface area contributed by atoms with Crippen LogP contribution < -0.4 is 14.4 Å². The van der Waals surface area contributed by atoms with Crippen LogP contribution in [-0.2, 0) is 4.74 Å². The Labute approximate surface area is 180 Å². The Bertz CT molecular complexity index is 1020. The zero-order chi connectivity index (χ0) is 20.3. The average Bonchev–Trinajstić information content (AvgIpc) is 3.22. The van der Waals surface area contributed by atoms with Gasteiger partial charge in [0.1, 0.15) is 12.7 Å². The minimum absolute atomic E-state index is 0.0428. The highest BCUT2D eigenvalue weighted by Crippen LogP contribution is 2.34. The number of fused-ring (bicyclic) bond motifs is 1. The Morgan fingerprint density at radius 3 is 2.60 bits per heavy atom. The van der Waals surface area contributed by atoms with Crippen LogP contribution in [0.25, 0.3) is 5.69 Å². The standard InChI is InChI=1S/C22H24N4O3S/c1-16-6-2-3-7-18(16)26-21(25-10-12-27-13-11-25)23-24-22(26)30-15-17-14-28-19-8-4-5-9-20(19)29-17/h2-9,17H,10-15H2,1H3. The molecular formula is C22H24N4O3S. The van der Waals surface area contributed by atoms with Crippen molar-refractivity contribution in [2.75, 3.05) is 43.6 Å². The van der Waals surface area contributed by atoms with Gasteiger partial charge in [-0.25, -0.2) is 0 Å². The highest BCUT2D eigenvalue weighted by Gasteiger charge is 2.25. The molecule has 1 fully saturated rings. The van der Waals surface area contributed by atoms with E-state index in [0.29, 0.717) is 19.8 Å². The van der Waals surface area contributed by atoms with Gasteiger partial charge in [-0.1, -0.05) is 42.1 Å². The molecule has 1 unspecified atom stereocenters. The van der Waals surface area contributed by atoms with Crippen molar-refractivity contribution < 1.29 is 14.2 Å². The Morgan fingerprint density at radius 1 is 1.00 bits per heavy atom. The molecule has 0 spiro atoms. The molecule has 1 aromatic heterocycles. The number of para-hydroxylation sites is 3. The van der Waals surface area contributed by atoms with Gasteiger partial charge >= 0.3 is 0 Å². The number of nitrogens with zero attached hydrogens (tertiary/aromatic N) is 4. The molecule has 0 radical (unpaired) electrons. The van der Waals surface area contributed by atoms with Crippen LogP contribution in [0.5, 0.6) is 11.5 Å². The monoisotopic (exact) mass is 424 g/mol. The molecule has 156 valence electrons. The Morgan fingerprint density at radius 2 is 1.77 bits per heavy atom. The van der Waals surface area contributed by atoms with E-state index in [-0.39, 0.29) is 6.10 Å². The molecule has 30 heavy (non-hydrogen) atoms. The molecule has 0 N–H and O–H groups in total. The summed E-state index contributed by atoms with van der Waals surface area (Å²) >= 11 is 1.64. The third-order valence-electron chi connectivity index (χ3n) is 5.23. The summed E-state index contributed by atoms with van der Waals surface area (Å²) in [7, 11) is 0. The normalized spacial score (nSPS) is 18.4. The van der Waals surface area contributed by atoms with Gasteiger partial charge in [-0.2, -0.15) is 0 Å². The smallest absolute Gasteiger partial charge is 0.232 e. The SMILES string of the molecule is Cc1ccccc1-n1c(SCC2COc3ccccc3O2)nnc1N1CCOCC1. The molecule has 3 heterocycles. The van der Waals surface area contributed by atoms with E-state index >= 15 is 0 Å². The molecule has 3 aromatic rings. The van der Waals surface area contributed by atoms with Crippen LogP contribution in [-0.4, -0.2) is 59.5 Å². The first-order valence-corrected chi connectivity index (χ1v) is 11.1. The lowest BCUT2D eigenvalue weighted by Gasteiger charge is -2.28. The number of benzene rings is 2. The Hall–Kier alpha value is -2.71. The number of aryl methyl sites for hydroxylation is 1.